The predicted molar refractivity (Wildman–Crippen MR) is 120 cm³/mol. The molecule has 0 spiro atoms. The summed E-state index contributed by atoms with van der Waals surface area (Å²) in [4.78, 5) is 14.5. The summed E-state index contributed by atoms with van der Waals surface area (Å²) in [6.07, 6.45) is 7.44. The van der Waals surface area contributed by atoms with E-state index in [0.717, 1.165) is 25.8 Å². The number of esters is 1. The number of carbonyl (C=O) groups is 1. The van der Waals surface area contributed by atoms with Crippen LogP contribution in [0.25, 0.3) is 0 Å². The van der Waals surface area contributed by atoms with Gasteiger partial charge in [0.1, 0.15) is 0 Å². The summed E-state index contributed by atoms with van der Waals surface area (Å²) in [7, 11) is 3.38. The van der Waals surface area contributed by atoms with Crippen molar-refractivity contribution in [2.75, 3.05) is 20.7 Å². The minimum atomic E-state index is -0.128. The Morgan fingerprint density at radius 2 is 1.85 bits per heavy atom. The summed E-state index contributed by atoms with van der Waals surface area (Å²) in [5.74, 6) is -0.128. The second kappa shape index (κ2) is 18.5. The van der Waals surface area contributed by atoms with Gasteiger partial charge in [0.15, 0.2) is 0 Å². The fraction of sp³-hybridized carbons (Fsp3) is 0.444. The normalized spacial score (nSPS) is 12.2. The van der Waals surface area contributed by atoms with E-state index in [1.165, 1.54) is 12.7 Å². The summed E-state index contributed by atoms with van der Waals surface area (Å²) in [5, 5.41) is 0. The fourth-order valence-corrected chi connectivity index (χ4v) is 2.01. The molecule has 0 saturated carbocycles. The molecular formula is C18H27I2N3O2Pt. The zero-order valence-corrected chi connectivity index (χ0v) is 21.7. The van der Waals surface area contributed by atoms with Gasteiger partial charge in [0.2, 0.25) is 6.67 Å². The van der Waals surface area contributed by atoms with Crippen molar-refractivity contribution < 1.29 is 20.7 Å². The van der Waals surface area contributed by atoms with Crippen LogP contribution in [-0.4, -0.2) is 36.5 Å². The minimum absolute atomic E-state index is 0.128. The van der Waals surface area contributed by atoms with E-state index in [1.807, 2.05) is 35.3 Å². The Balaban J connectivity index is 0.000000432. The van der Waals surface area contributed by atoms with E-state index in [9.17, 15) is 4.79 Å². The van der Waals surface area contributed by atoms with E-state index in [-0.39, 0.29) is 5.97 Å². The van der Waals surface area contributed by atoms with Gasteiger partial charge >= 0.3 is 55.9 Å². The van der Waals surface area contributed by atoms with Gasteiger partial charge in [-0.15, -0.1) is 0 Å². The molecule has 0 atom stereocenters. The Bertz CT molecular complexity index is 493. The van der Waals surface area contributed by atoms with E-state index in [2.05, 4.69) is 74.4 Å². The van der Waals surface area contributed by atoms with Crippen LogP contribution in [0.1, 0.15) is 31.2 Å². The van der Waals surface area contributed by atoms with Crippen LogP contribution >= 0.6 is 38.7 Å². The summed E-state index contributed by atoms with van der Waals surface area (Å²) in [5.41, 5.74) is 6.56. The number of methoxy groups -OCH3 is 1. The first-order valence-electron chi connectivity index (χ1n) is 8.14. The number of unbranched alkanes of at least 4 members (excludes halogenated alkanes) is 2. The molecule has 1 aliphatic rings. The molecule has 0 saturated heterocycles. The van der Waals surface area contributed by atoms with Crippen LogP contribution in [-0.2, 0) is 27.3 Å². The van der Waals surface area contributed by atoms with Crippen molar-refractivity contribution in [3.8, 4) is 0 Å². The molecule has 0 bridgehead atoms. The average molecular weight is 766 g/mol. The molecule has 1 aromatic carbocycles. The van der Waals surface area contributed by atoms with Crippen molar-refractivity contribution in [3.63, 3.8) is 0 Å². The second-order valence-corrected chi connectivity index (χ2v) is 21.9. The van der Waals surface area contributed by atoms with E-state index < -0.39 is 0 Å². The van der Waals surface area contributed by atoms with E-state index in [4.69, 9.17) is 5.73 Å². The van der Waals surface area contributed by atoms with Crippen LogP contribution in [0.3, 0.4) is 0 Å². The number of hydrogen-bond acceptors (Lipinski definition) is 5. The molecule has 0 aromatic heterocycles. The molecule has 0 amide bonds. The topological polar surface area (TPSA) is 58.8 Å². The molecular weight excluding hydrogens is 739 g/mol. The third-order valence-corrected chi connectivity index (χ3v) is 3.26. The van der Waals surface area contributed by atoms with Crippen LogP contribution in [0.15, 0.2) is 42.7 Å². The van der Waals surface area contributed by atoms with Crippen LogP contribution in [0, 0.1) is 6.67 Å². The van der Waals surface area contributed by atoms with Gasteiger partial charge in [-0.1, -0.05) is 36.8 Å². The number of hydrogen-bond donors (Lipinski definition) is 1. The van der Waals surface area contributed by atoms with Crippen molar-refractivity contribution in [1.29, 1.82) is 0 Å². The molecule has 8 heteroatoms. The molecule has 150 valence electrons. The number of halogens is 2. The molecule has 2 N–H and O–H groups in total. The number of ether oxygens (including phenoxy) is 1. The van der Waals surface area contributed by atoms with Gasteiger partial charge in [-0.3, -0.25) is 4.79 Å². The van der Waals surface area contributed by atoms with E-state index in [0.29, 0.717) is 24.2 Å². The van der Waals surface area contributed by atoms with Crippen LogP contribution in [0.5, 0.6) is 0 Å². The number of nitrogens with two attached hydrogens (primary N) is 1. The Labute approximate surface area is 187 Å². The zero-order chi connectivity index (χ0) is 19.6. The number of carbonyl (C=O) groups excluding carboxylic acids is 1. The monoisotopic (exact) mass is 766 g/mol. The molecule has 0 aliphatic carbocycles. The quantitative estimate of drug-likeness (QED) is 0.255. The first kappa shape index (κ1) is 26.1. The third-order valence-electron chi connectivity index (χ3n) is 3.26. The number of benzene rings is 1. The van der Waals surface area contributed by atoms with Crippen LogP contribution in [0.2, 0.25) is 0 Å². The van der Waals surface area contributed by atoms with Gasteiger partial charge in [0, 0.05) is 32.4 Å². The molecule has 1 aromatic rings. The Morgan fingerprint density at radius 3 is 2.35 bits per heavy atom. The molecule has 2 radical (unpaired) electrons. The maximum absolute atomic E-state index is 10.5. The van der Waals surface area contributed by atoms with Gasteiger partial charge in [0.25, 0.3) is 0 Å². The van der Waals surface area contributed by atoms with Crippen molar-refractivity contribution >= 4 is 44.7 Å². The van der Waals surface area contributed by atoms with Gasteiger partial charge in [-0.2, -0.15) is 0 Å². The standard InChI is InChI=1S/C11H12N2.C7H15NO2.2HI.Pt/c1-12-7-8-13(10-12)9-11-5-3-2-4-6-11;1-10-7(9)5-3-2-4-6-8;;;/h2-8H,9H2,1H3;2-6,8H2,1H3;2*1H;/q;;;;+2/p-2. The first-order chi connectivity index (χ1) is 12.6. The molecule has 0 unspecified atom stereocenters. The van der Waals surface area contributed by atoms with E-state index in [1.54, 1.807) is 0 Å². The van der Waals surface area contributed by atoms with Gasteiger partial charge in [0.05, 0.1) is 7.11 Å². The number of rotatable bonds is 7. The molecule has 0 fully saturated rings. The summed E-state index contributed by atoms with van der Waals surface area (Å²) < 4.78 is 4.46. The van der Waals surface area contributed by atoms with Crippen LogP contribution in [0.4, 0.5) is 0 Å². The van der Waals surface area contributed by atoms with Gasteiger partial charge < -0.3 is 20.3 Å². The first-order valence-corrected chi connectivity index (χ1v) is 21.0. The summed E-state index contributed by atoms with van der Waals surface area (Å²) in [6, 6.07) is 10.4. The van der Waals surface area contributed by atoms with Crippen molar-refractivity contribution in [2.45, 2.75) is 32.2 Å². The molecule has 1 heterocycles. The Kier molecular flexibility index (Phi) is 18.6. The van der Waals surface area contributed by atoms with Crippen molar-refractivity contribution in [1.82, 2.24) is 9.80 Å². The second-order valence-electron chi connectivity index (χ2n) is 5.34. The van der Waals surface area contributed by atoms with Crippen molar-refractivity contribution in [2.24, 2.45) is 5.73 Å². The number of nitrogens with zero attached hydrogens (tertiary/aromatic N) is 2. The van der Waals surface area contributed by atoms with Crippen LogP contribution < -0.4 is 5.73 Å². The van der Waals surface area contributed by atoms with Crippen molar-refractivity contribution in [3.05, 3.63) is 55.0 Å². The predicted octanol–water partition coefficient (Wildman–Crippen LogP) is 4.35. The van der Waals surface area contributed by atoms with E-state index >= 15 is 0 Å². The molecule has 1 aliphatic heterocycles. The zero-order valence-electron chi connectivity index (χ0n) is 15.1. The third kappa shape index (κ3) is 15.2. The van der Waals surface area contributed by atoms with Gasteiger partial charge in [-0.05, 0) is 24.9 Å². The molecule has 5 nitrogen and oxygen atoms in total. The molecule has 26 heavy (non-hydrogen) atoms. The Morgan fingerprint density at radius 1 is 1.19 bits per heavy atom. The SMILES string of the molecule is CN1[C]N(Cc2ccccc2)C=C1.COC(=O)CCCCCN.[I][Pt][I]. The van der Waals surface area contributed by atoms with Gasteiger partial charge in [-0.25, -0.2) is 0 Å². The molecule has 2 rings (SSSR count). The Hall–Kier alpha value is 0.138. The summed E-state index contributed by atoms with van der Waals surface area (Å²) in [6.45, 7) is 4.76. The maximum atomic E-state index is 10.5. The average Bonchev–Trinajstić information content (AvgIpc) is 3.05. The summed E-state index contributed by atoms with van der Waals surface area (Å²) >= 11 is 5.30. The fourth-order valence-electron chi connectivity index (χ4n) is 2.01.